The van der Waals surface area contributed by atoms with E-state index in [0.717, 1.165) is 25.1 Å². The van der Waals surface area contributed by atoms with Gasteiger partial charge in [-0.25, -0.2) is 13.6 Å². The average Bonchev–Trinajstić information content (AvgIpc) is 3.51. The molecule has 1 aromatic carbocycles. The molecule has 1 aromatic heterocycles. The van der Waals surface area contributed by atoms with E-state index < -0.39 is 35.0 Å². The summed E-state index contributed by atoms with van der Waals surface area (Å²) in [5.74, 6) is -2.15. The Balaban J connectivity index is 0.00000205. The summed E-state index contributed by atoms with van der Waals surface area (Å²) in [6, 6.07) is 0.308. The molecule has 3 fully saturated rings. The van der Waals surface area contributed by atoms with Crippen molar-refractivity contribution in [2.45, 2.75) is 37.5 Å². The van der Waals surface area contributed by atoms with E-state index in [-0.39, 0.29) is 51.9 Å². The highest BCUT2D eigenvalue weighted by Crippen LogP contribution is 2.54. The molecular formula is C19H19Cl2F2N3O3. The summed E-state index contributed by atoms with van der Waals surface area (Å²) in [6.45, 7) is 1.01. The lowest BCUT2D eigenvalue weighted by atomic mass is 10.0. The normalized spacial score (nSPS) is 26.6. The minimum absolute atomic E-state index is 0. The topological polar surface area (TPSA) is 88.6 Å². The third-order valence-corrected chi connectivity index (χ3v) is 6.73. The van der Waals surface area contributed by atoms with Crippen LogP contribution in [0.15, 0.2) is 17.1 Å². The first kappa shape index (κ1) is 20.4. The van der Waals surface area contributed by atoms with Gasteiger partial charge in [0.2, 0.25) is 5.43 Å². The molecule has 156 valence electrons. The fourth-order valence-electron chi connectivity index (χ4n) is 4.43. The van der Waals surface area contributed by atoms with Crippen LogP contribution in [0, 0.1) is 11.2 Å². The predicted octanol–water partition coefficient (Wildman–Crippen LogP) is 3.12. The number of benzene rings is 1. The number of hydrogen-bond acceptors (Lipinski definition) is 4. The number of nitrogens with zero attached hydrogens (tertiary/aromatic N) is 2. The van der Waals surface area contributed by atoms with Gasteiger partial charge in [-0.2, -0.15) is 0 Å². The number of aromatic nitrogens is 1. The van der Waals surface area contributed by atoms with Gasteiger partial charge >= 0.3 is 5.97 Å². The van der Waals surface area contributed by atoms with Gasteiger partial charge in [0.1, 0.15) is 17.6 Å². The Labute approximate surface area is 175 Å². The molecule has 1 aliphatic heterocycles. The van der Waals surface area contributed by atoms with E-state index in [1.165, 1.54) is 4.57 Å². The smallest absolute Gasteiger partial charge is 0.341 e. The molecule has 0 radical (unpaired) electrons. The molecular weight excluding hydrogens is 427 g/mol. The van der Waals surface area contributed by atoms with Gasteiger partial charge in [0.15, 0.2) is 0 Å². The molecule has 1 spiro atoms. The summed E-state index contributed by atoms with van der Waals surface area (Å²) < 4.78 is 30.2. The van der Waals surface area contributed by atoms with Gasteiger partial charge in [-0.3, -0.25) is 4.79 Å². The summed E-state index contributed by atoms with van der Waals surface area (Å²) in [6.07, 6.45) is 2.11. The lowest BCUT2D eigenvalue weighted by Crippen LogP contribution is -2.30. The Hall–Kier alpha value is -1.90. The molecule has 3 N–H and O–H groups in total. The second kappa shape index (κ2) is 6.55. The van der Waals surface area contributed by atoms with Gasteiger partial charge in [-0.15, -0.1) is 12.4 Å². The number of carboxylic acid groups (broad SMARTS) is 1. The standard InChI is InChI=1S/C19H18ClF2N3O3.ClH/c20-14-15-8(17(26)9(18(27)28)5-25(15)12-4-10(12)21)3-11(22)16(14)24-6-13(23)19(7-24)1-2-19;/h3,5,10,12-13H,1-2,4,6-7,23H2,(H,27,28);1H/t10-,12-,13-;/m0./s1. The maximum Gasteiger partial charge on any atom is 0.341 e. The van der Waals surface area contributed by atoms with E-state index in [1.807, 2.05) is 0 Å². The molecule has 0 unspecified atom stereocenters. The molecule has 2 saturated carbocycles. The number of rotatable bonds is 3. The van der Waals surface area contributed by atoms with Crippen LogP contribution in [0.1, 0.15) is 35.7 Å². The van der Waals surface area contributed by atoms with E-state index in [0.29, 0.717) is 13.1 Å². The van der Waals surface area contributed by atoms with Gasteiger partial charge in [-0.1, -0.05) is 11.6 Å². The monoisotopic (exact) mass is 445 g/mol. The molecule has 0 bridgehead atoms. The number of anilines is 1. The number of nitrogens with two attached hydrogens (primary N) is 1. The van der Waals surface area contributed by atoms with Crippen molar-refractivity contribution in [3.8, 4) is 0 Å². The summed E-state index contributed by atoms with van der Waals surface area (Å²) in [4.78, 5) is 25.8. The van der Waals surface area contributed by atoms with Gasteiger partial charge in [-0.05, 0) is 18.9 Å². The summed E-state index contributed by atoms with van der Waals surface area (Å²) in [7, 11) is 0. The average molecular weight is 446 g/mol. The minimum Gasteiger partial charge on any atom is -0.477 e. The summed E-state index contributed by atoms with van der Waals surface area (Å²) in [5, 5.41) is 9.16. The zero-order valence-corrected chi connectivity index (χ0v) is 16.8. The first-order valence-corrected chi connectivity index (χ1v) is 9.56. The number of alkyl halides is 1. The van der Waals surface area contributed by atoms with Crippen molar-refractivity contribution in [2.24, 2.45) is 11.1 Å². The van der Waals surface area contributed by atoms with Gasteiger partial charge in [0.25, 0.3) is 0 Å². The number of hydrogen-bond donors (Lipinski definition) is 2. The molecule has 5 rings (SSSR count). The number of pyridine rings is 1. The van der Waals surface area contributed by atoms with Crippen LogP contribution in [0.3, 0.4) is 0 Å². The van der Waals surface area contributed by atoms with E-state index >= 15 is 4.39 Å². The third kappa shape index (κ3) is 2.92. The molecule has 29 heavy (non-hydrogen) atoms. The molecule has 10 heteroatoms. The van der Waals surface area contributed by atoms with Crippen LogP contribution in [-0.4, -0.2) is 40.9 Å². The quantitative estimate of drug-likeness (QED) is 0.757. The van der Waals surface area contributed by atoms with Crippen LogP contribution in [0.5, 0.6) is 0 Å². The van der Waals surface area contributed by atoms with Gasteiger partial charge in [0.05, 0.1) is 27.7 Å². The van der Waals surface area contributed by atoms with Crippen LogP contribution in [-0.2, 0) is 0 Å². The van der Waals surface area contributed by atoms with Crippen molar-refractivity contribution in [2.75, 3.05) is 18.0 Å². The van der Waals surface area contributed by atoms with E-state index in [9.17, 15) is 19.1 Å². The number of fused-ring (bicyclic) bond motifs is 1. The molecule has 2 aliphatic carbocycles. The molecule has 2 aromatic rings. The van der Waals surface area contributed by atoms with E-state index in [2.05, 4.69) is 0 Å². The molecule has 2 heterocycles. The van der Waals surface area contributed by atoms with Crippen LogP contribution >= 0.6 is 24.0 Å². The van der Waals surface area contributed by atoms with E-state index in [1.54, 1.807) is 4.90 Å². The van der Waals surface area contributed by atoms with Gasteiger partial charge in [0, 0.05) is 37.2 Å². The second-order valence-electron chi connectivity index (χ2n) is 8.17. The van der Waals surface area contributed by atoms with Crippen LogP contribution in [0.4, 0.5) is 14.5 Å². The first-order chi connectivity index (χ1) is 13.2. The number of carbonyl (C=O) groups is 1. The number of aromatic carboxylic acids is 1. The maximum atomic E-state index is 15.0. The molecule has 0 amide bonds. The fourth-order valence-corrected chi connectivity index (χ4v) is 4.84. The Morgan fingerprint density at radius 2 is 2.03 bits per heavy atom. The molecule has 3 aliphatic rings. The molecule has 1 saturated heterocycles. The van der Waals surface area contributed by atoms with Gasteiger partial charge < -0.3 is 20.3 Å². The van der Waals surface area contributed by atoms with Crippen molar-refractivity contribution in [1.29, 1.82) is 0 Å². The zero-order valence-electron chi connectivity index (χ0n) is 15.2. The lowest BCUT2D eigenvalue weighted by Gasteiger charge is -2.23. The van der Waals surface area contributed by atoms with E-state index in [4.69, 9.17) is 17.3 Å². The Morgan fingerprint density at radius 1 is 1.38 bits per heavy atom. The fraction of sp³-hybridized carbons (Fsp3) is 0.474. The van der Waals surface area contributed by atoms with Crippen LogP contribution in [0.25, 0.3) is 10.9 Å². The van der Waals surface area contributed by atoms with Crippen molar-refractivity contribution in [3.63, 3.8) is 0 Å². The first-order valence-electron chi connectivity index (χ1n) is 9.18. The predicted molar refractivity (Wildman–Crippen MR) is 108 cm³/mol. The minimum atomic E-state index is -1.45. The second-order valence-corrected chi connectivity index (χ2v) is 8.55. The Bertz CT molecular complexity index is 1100. The van der Waals surface area contributed by atoms with Crippen molar-refractivity contribution < 1.29 is 18.7 Å². The molecule has 3 atom stereocenters. The highest BCUT2D eigenvalue weighted by Gasteiger charge is 2.54. The Morgan fingerprint density at radius 3 is 2.55 bits per heavy atom. The number of halogens is 4. The Kier molecular flexibility index (Phi) is 4.60. The number of carboxylic acids is 1. The maximum absolute atomic E-state index is 15.0. The largest absolute Gasteiger partial charge is 0.477 e. The third-order valence-electron chi connectivity index (χ3n) is 6.37. The summed E-state index contributed by atoms with van der Waals surface area (Å²) in [5.41, 5.74) is 5.15. The van der Waals surface area contributed by atoms with Crippen molar-refractivity contribution in [3.05, 3.63) is 38.9 Å². The SMILES string of the molecule is Cl.N[C@H]1CN(c2c(F)cc3c(=O)c(C(=O)O)cn([C@H]4C[C@@H]4F)c3c2Cl)CC12CC2. The van der Waals surface area contributed by atoms with Crippen LogP contribution < -0.4 is 16.1 Å². The highest BCUT2D eigenvalue weighted by molar-refractivity contribution is 6.38. The van der Waals surface area contributed by atoms with Crippen molar-refractivity contribution in [1.82, 2.24) is 4.57 Å². The highest BCUT2D eigenvalue weighted by atomic mass is 35.5. The van der Waals surface area contributed by atoms with Crippen molar-refractivity contribution >= 4 is 46.6 Å². The lowest BCUT2D eigenvalue weighted by molar-refractivity contribution is 0.0694. The molecule has 6 nitrogen and oxygen atoms in total. The van der Waals surface area contributed by atoms with Crippen LogP contribution in [0.2, 0.25) is 5.02 Å². The summed E-state index contributed by atoms with van der Waals surface area (Å²) >= 11 is 6.56. The zero-order chi connectivity index (χ0) is 20.0.